The fraction of sp³-hybridized carbons (Fsp3) is 0.955. The third kappa shape index (κ3) is 9.63. The third-order valence-electron chi connectivity index (χ3n) is 5.74. The number of esters is 1. The number of hydrogen-bond acceptors (Lipinski definition) is 3. The Labute approximate surface area is 156 Å². The van der Waals surface area contributed by atoms with Gasteiger partial charge in [0.15, 0.2) is 0 Å². The van der Waals surface area contributed by atoms with Crippen LogP contribution in [0, 0.1) is 11.8 Å². The summed E-state index contributed by atoms with van der Waals surface area (Å²) < 4.78 is 11.5. The highest BCUT2D eigenvalue weighted by Crippen LogP contribution is 2.33. The average molecular weight is 355 g/mol. The second-order valence-electron chi connectivity index (χ2n) is 7.99. The van der Waals surface area contributed by atoms with Crippen LogP contribution in [0.1, 0.15) is 105 Å². The summed E-state index contributed by atoms with van der Waals surface area (Å²) in [5.74, 6) is 0.945. The van der Waals surface area contributed by atoms with Crippen molar-refractivity contribution < 1.29 is 14.3 Å². The minimum absolute atomic E-state index is 0.000871. The molecule has 1 fully saturated rings. The van der Waals surface area contributed by atoms with Crippen LogP contribution < -0.4 is 0 Å². The van der Waals surface area contributed by atoms with Gasteiger partial charge in [-0.3, -0.25) is 4.79 Å². The SMILES string of the molecule is CCCCCCOC(C)C(C)OC(=O)[C@H]1CC[C@H](CCCCC)CC1. The number of carbonyl (C=O) groups is 1. The summed E-state index contributed by atoms with van der Waals surface area (Å²) in [6.45, 7) is 9.22. The Morgan fingerprint density at radius 1 is 0.880 bits per heavy atom. The van der Waals surface area contributed by atoms with Gasteiger partial charge >= 0.3 is 5.97 Å². The van der Waals surface area contributed by atoms with Crippen LogP contribution in [0.5, 0.6) is 0 Å². The maximum Gasteiger partial charge on any atom is 0.309 e. The molecule has 2 unspecified atom stereocenters. The highest BCUT2D eigenvalue weighted by atomic mass is 16.6. The molecule has 148 valence electrons. The summed E-state index contributed by atoms with van der Waals surface area (Å²) in [7, 11) is 0. The summed E-state index contributed by atoms with van der Waals surface area (Å²) in [4.78, 5) is 12.4. The van der Waals surface area contributed by atoms with Gasteiger partial charge in [-0.25, -0.2) is 0 Å². The molecule has 0 spiro atoms. The van der Waals surface area contributed by atoms with Crippen LogP contribution in [0.25, 0.3) is 0 Å². The predicted molar refractivity (Wildman–Crippen MR) is 105 cm³/mol. The van der Waals surface area contributed by atoms with Crippen LogP contribution in [-0.4, -0.2) is 24.8 Å². The van der Waals surface area contributed by atoms with Crippen molar-refractivity contribution in [1.82, 2.24) is 0 Å². The van der Waals surface area contributed by atoms with Gasteiger partial charge in [-0.05, 0) is 51.9 Å². The van der Waals surface area contributed by atoms with E-state index >= 15 is 0 Å². The molecule has 2 atom stereocenters. The van der Waals surface area contributed by atoms with E-state index in [2.05, 4.69) is 13.8 Å². The monoisotopic (exact) mass is 354 g/mol. The Balaban J connectivity index is 2.18. The molecule has 3 heteroatoms. The standard InChI is InChI=1S/C22H42O3/c1-5-7-9-11-17-24-18(3)19(4)25-22(23)21-15-13-20(14-16-21)12-10-8-6-2/h18-21H,5-17H2,1-4H3/t18?,19?,20-,21-. The number of hydrogen-bond donors (Lipinski definition) is 0. The van der Waals surface area contributed by atoms with Crippen molar-refractivity contribution >= 4 is 5.97 Å². The molecule has 1 aliphatic rings. The molecule has 0 heterocycles. The quantitative estimate of drug-likeness (QED) is 0.288. The molecule has 0 aromatic heterocycles. The molecule has 1 rings (SSSR count). The molecule has 1 saturated carbocycles. The highest BCUT2D eigenvalue weighted by molar-refractivity contribution is 5.72. The van der Waals surface area contributed by atoms with Crippen LogP contribution in [0.2, 0.25) is 0 Å². The van der Waals surface area contributed by atoms with Gasteiger partial charge in [0.2, 0.25) is 0 Å². The third-order valence-corrected chi connectivity index (χ3v) is 5.74. The Morgan fingerprint density at radius 3 is 2.16 bits per heavy atom. The largest absolute Gasteiger partial charge is 0.460 e. The molecule has 0 radical (unpaired) electrons. The van der Waals surface area contributed by atoms with E-state index in [4.69, 9.17) is 9.47 Å². The first-order chi connectivity index (χ1) is 12.1. The first kappa shape index (κ1) is 22.5. The van der Waals surface area contributed by atoms with Gasteiger partial charge in [0.05, 0.1) is 12.0 Å². The number of unbranched alkanes of at least 4 members (excludes halogenated alkanes) is 5. The van der Waals surface area contributed by atoms with E-state index < -0.39 is 0 Å². The predicted octanol–water partition coefficient (Wildman–Crippen LogP) is 6.29. The van der Waals surface area contributed by atoms with Gasteiger partial charge in [-0.2, -0.15) is 0 Å². The fourth-order valence-corrected chi connectivity index (χ4v) is 3.68. The van der Waals surface area contributed by atoms with Gasteiger partial charge in [0, 0.05) is 6.61 Å². The van der Waals surface area contributed by atoms with Crippen LogP contribution in [-0.2, 0) is 14.3 Å². The van der Waals surface area contributed by atoms with Crippen molar-refractivity contribution in [2.75, 3.05) is 6.61 Å². The Morgan fingerprint density at radius 2 is 1.52 bits per heavy atom. The molecule has 0 amide bonds. The molecule has 3 nitrogen and oxygen atoms in total. The van der Waals surface area contributed by atoms with E-state index in [1.807, 2.05) is 13.8 Å². The van der Waals surface area contributed by atoms with Crippen molar-refractivity contribution in [2.45, 2.75) is 117 Å². The minimum Gasteiger partial charge on any atom is -0.460 e. The molecule has 0 bridgehead atoms. The Hall–Kier alpha value is -0.570. The van der Waals surface area contributed by atoms with Gasteiger partial charge in [0.1, 0.15) is 6.10 Å². The zero-order chi connectivity index (χ0) is 18.5. The number of ether oxygens (including phenoxy) is 2. The lowest BCUT2D eigenvalue weighted by molar-refractivity contribution is -0.161. The Bertz CT molecular complexity index is 334. The first-order valence-corrected chi connectivity index (χ1v) is 10.9. The van der Waals surface area contributed by atoms with E-state index in [1.165, 1.54) is 57.8 Å². The van der Waals surface area contributed by atoms with Crippen LogP contribution in [0.15, 0.2) is 0 Å². The summed E-state index contributed by atoms with van der Waals surface area (Å²) in [6, 6.07) is 0. The van der Waals surface area contributed by atoms with Crippen molar-refractivity contribution in [3.63, 3.8) is 0 Å². The molecule has 1 aliphatic carbocycles. The minimum atomic E-state index is -0.152. The van der Waals surface area contributed by atoms with Crippen molar-refractivity contribution in [2.24, 2.45) is 11.8 Å². The van der Waals surface area contributed by atoms with Crippen molar-refractivity contribution in [3.05, 3.63) is 0 Å². The molecular formula is C22H42O3. The average Bonchev–Trinajstić information content (AvgIpc) is 2.62. The second kappa shape index (κ2) is 13.6. The molecule has 0 aromatic rings. The fourth-order valence-electron chi connectivity index (χ4n) is 3.68. The smallest absolute Gasteiger partial charge is 0.309 e. The Kier molecular flexibility index (Phi) is 12.2. The maximum absolute atomic E-state index is 12.4. The molecule has 0 aliphatic heterocycles. The van der Waals surface area contributed by atoms with Crippen LogP contribution in [0.3, 0.4) is 0 Å². The second-order valence-corrected chi connectivity index (χ2v) is 7.99. The summed E-state index contributed by atoms with van der Waals surface area (Å²) >= 11 is 0. The molecule has 0 aromatic carbocycles. The van der Waals surface area contributed by atoms with Crippen molar-refractivity contribution in [1.29, 1.82) is 0 Å². The molecule has 0 N–H and O–H groups in total. The van der Waals surface area contributed by atoms with Gasteiger partial charge in [0.25, 0.3) is 0 Å². The molecule has 25 heavy (non-hydrogen) atoms. The lowest BCUT2D eigenvalue weighted by Gasteiger charge is -2.29. The molecular weight excluding hydrogens is 312 g/mol. The first-order valence-electron chi connectivity index (χ1n) is 10.9. The van der Waals surface area contributed by atoms with E-state index in [0.29, 0.717) is 0 Å². The maximum atomic E-state index is 12.4. The van der Waals surface area contributed by atoms with Crippen LogP contribution >= 0.6 is 0 Å². The normalized spacial score (nSPS) is 23.2. The zero-order valence-corrected chi connectivity index (χ0v) is 17.2. The zero-order valence-electron chi connectivity index (χ0n) is 17.2. The van der Waals surface area contributed by atoms with Gasteiger partial charge in [-0.1, -0.05) is 58.8 Å². The topological polar surface area (TPSA) is 35.5 Å². The van der Waals surface area contributed by atoms with E-state index in [9.17, 15) is 4.79 Å². The van der Waals surface area contributed by atoms with E-state index in [-0.39, 0.29) is 24.1 Å². The van der Waals surface area contributed by atoms with Gasteiger partial charge < -0.3 is 9.47 Å². The number of carbonyl (C=O) groups excluding carboxylic acids is 1. The van der Waals surface area contributed by atoms with E-state index in [0.717, 1.165) is 31.8 Å². The highest BCUT2D eigenvalue weighted by Gasteiger charge is 2.29. The lowest BCUT2D eigenvalue weighted by atomic mass is 9.80. The molecule has 0 saturated heterocycles. The summed E-state index contributed by atoms with van der Waals surface area (Å²) in [5.41, 5.74) is 0. The summed E-state index contributed by atoms with van der Waals surface area (Å²) in [5, 5.41) is 0. The lowest BCUT2D eigenvalue weighted by Crippen LogP contribution is -2.33. The van der Waals surface area contributed by atoms with E-state index in [1.54, 1.807) is 0 Å². The van der Waals surface area contributed by atoms with Crippen LogP contribution in [0.4, 0.5) is 0 Å². The number of rotatable bonds is 13. The summed E-state index contributed by atoms with van der Waals surface area (Å²) in [6.07, 6.45) is 14.4. The van der Waals surface area contributed by atoms with Gasteiger partial charge in [-0.15, -0.1) is 0 Å². The van der Waals surface area contributed by atoms with Crippen molar-refractivity contribution in [3.8, 4) is 0 Å².